The van der Waals surface area contributed by atoms with Crippen LogP contribution in [-0.4, -0.2) is 23.0 Å². The van der Waals surface area contributed by atoms with Gasteiger partial charge in [-0.1, -0.05) is 32.0 Å². The van der Waals surface area contributed by atoms with Crippen LogP contribution in [0.3, 0.4) is 0 Å². The summed E-state index contributed by atoms with van der Waals surface area (Å²) >= 11 is 0. The van der Waals surface area contributed by atoms with Gasteiger partial charge in [-0.25, -0.2) is 4.79 Å². The van der Waals surface area contributed by atoms with Crippen LogP contribution >= 0.6 is 0 Å². The van der Waals surface area contributed by atoms with E-state index in [0.29, 0.717) is 0 Å². The number of aromatic nitrogens is 1. The second-order valence-electron chi connectivity index (χ2n) is 5.03. The highest BCUT2D eigenvalue weighted by molar-refractivity contribution is 5.95. The first-order valence-electron chi connectivity index (χ1n) is 6.54. The molecule has 5 heteroatoms. The van der Waals surface area contributed by atoms with Gasteiger partial charge in [0.1, 0.15) is 6.04 Å². The van der Waals surface area contributed by atoms with Gasteiger partial charge in [-0.3, -0.25) is 4.79 Å². The molecule has 1 aromatic heterocycles. The predicted molar refractivity (Wildman–Crippen MR) is 77.3 cm³/mol. The molecular formula is C15H18N2O3. The number of hydrogen-bond donors (Lipinski definition) is 2. The average molecular weight is 274 g/mol. The number of rotatable bonds is 4. The van der Waals surface area contributed by atoms with Crippen molar-refractivity contribution < 1.29 is 14.3 Å². The molecule has 1 atom stereocenters. The Labute approximate surface area is 117 Å². The highest BCUT2D eigenvalue weighted by Gasteiger charge is 2.25. The van der Waals surface area contributed by atoms with Gasteiger partial charge in [0.25, 0.3) is 0 Å². The van der Waals surface area contributed by atoms with E-state index in [0.717, 1.165) is 16.6 Å². The first-order valence-corrected chi connectivity index (χ1v) is 6.54. The molecule has 0 unspecified atom stereocenters. The summed E-state index contributed by atoms with van der Waals surface area (Å²) in [6.07, 6.45) is 1.81. The van der Waals surface area contributed by atoms with E-state index in [9.17, 15) is 9.59 Å². The lowest BCUT2D eigenvalue weighted by Crippen LogP contribution is -2.36. The zero-order valence-corrected chi connectivity index (χ0v) is 11.8. The molecule has 2 N–H and O–H groups in total. The summed E-state index contributed by atoms with van der Waals surface area (Å²) in [5.74, 6) is -1.16. The fraction of sp³-hybridized carbons (Fsp3) is 0.333. The van der Waals surface area contributed by atoms with E-state index in [1.165, 1.54) is 6.92 Å². The number of fused-ring (bicyclic) bond motifs is 1. The molecule has 0 saturated heterocycles. The van der Waals surface area contributed by atoms with Crippen LogP contribution in [-0.2, 0) is 14.3 Å². The molecule has 0 amide bonds. The maximum absolute atomic E-state index is 11.9. The lowest BCUT2D eigenvalue weighted by atomic mass is 10.0. The third kappa shape index (κ3) is 2.99. The lowest BCUT2D eigenvalue weighted by molar-refractivity contribution is -0.159. The Morgan fingerprint density at radius 3 is 2.60 bits per heavy atom. The fourth-order valence-electron chi connectivity index (χ4n) is 2.06. The molecule has 1 heterocycles. The van der Waals surface area contributed by atoms with Crippen LogP contribution in [0.25, 0.3) is 10.9 Å². The molecule has 5 nitrogen and oxygen atoms in total. The van der Waals surface area contributed by atoms with E-state index in [-0.39, 0.29) is 5.92 Å². The van der Waals surface area contributed by atoms with Gasteiger partial charge in [0, 0.05) is 24.0 Å². The van der Waals surface area contributed by atoms with Gasteiger partial charge < -0.3 is 15.0 Å². The van der Waals surface area contributed by atoms with Crippen LogP contribution < -0.4 is 5.32 Å². The largest absolute Gasteiger partial charge is 0.392 e. The topological polar surface area (TPSA) is 71.2 Å². The Hall–Kier alpha value is -2.30. The van der Waals surface area contributed by atoms with E-state index < -0.39 is 18.0 Å². The van der Waals surface area contributed by atoms with Crippen LogP contribution in [0.2, 0.25) is 0 Å². The first-order chi connectivity index (χ1) is 9.49. The number of anilines is 1. The molecule has 0 aliphatic carbocycles. The zero-order chi connectivity index (χ0) is 14.7. The highest BCUT2D eigenvalue weighted by atomic mass is 16.6. The second kappa shape index (κ2) is 5.77. The number of benzene rings is 1. The monoisotopic (exact) mass is 274 g/mol. The van der Waals surface area contributed by atoms with Crippen molar-refractivity contribution in [1.29, 1.82) is 0 Å². The summed E-state index contributed by atoms with van der Waals surface area (Å²) < 4.78 is 4.68. The van der Waals surface area contributed by atoms with Gasteiger partial charge in [-0.15, -0.1) is 0 Å². The smallest absolute Gasteiger partial charge is 0.336 e. The van der Waals surface area contributed by atoms with Crippen LogP contribution in [0, 0.1) is 5.92 Å². The number of ether oxygens (including phenoxy) is 1. The Bertz CT molecular complexity index is 631. The van der Waals surface area contributed by atoms with Crippen LogP contribution in [0.1, 0.15) is 20.8 Å². The third-order valence-corrected chi connectivity index (χ3v) is 3.07. The van der Waals surface area contributed by atoms with E-state index in [1.807, 2.05) is 38.1 Å². The number of para-hydroxylation sites is 1. The molecule has 0 radical (unpaired) electrons. The highest BCUT2D eigenvalue weighted by Crippen LogP contribution is 2.24. The quantitative estimate of drug-likeness (QED) is 0.664. The van der Waals surface area contributed by atoms with Gasteiger partial charge in [0.05, 0.1) is 5.69 Å². The normalized spacial score (nSPS) is 12.4. The molecular weight excluding hydrogens is 256 g/mol. The van der Waals surface area contributed by atoms with Crippen molar-refractivity contribution in [2.24, 2.45) is 5.92 Å². The first kappa shape index (κ1) is 14.1. The number of nitrogens with one attached hydrogen (secondary N) is 2. The van der Waals surface area contributed by atoms with Crippen molar-refractivity contribution in [1.82, 2.24) is 4.98 Å². The summed E-state index contributed by atoms with van der Waals surface area (Å²) in [5, 5.41) is 4.14. The van der Waals surface area contributed by atoms with E-state index >= 15 is 0 Å². The molecule has 0 aliphatic rings. The van der Waals surface area contributed by atoms with Crippen LogP contribution in [0.4, 0.5) is 5.69 Å². The molecule has 0 fully saturated rings. The molecule has 0 aliphatic heterocycles. The number of H-pyrrole nitrogens is 1. The average Bonchev–Trinajstić information content (AvgIpc) is 2.77. The van der Waals surface area contributed by atoms with Crippen molar-refractivity contribution in [3.8, 4) is 0 Å². The maximum atomic E-state index is 11.9. The van der Waals surface area contributed by atoms with Gasteiger partial charge >= 0.3 is 11.9 Å². The summed E-state index contributed by atoms with van der Waals surface area (Å²) in [6.45, 7) is 5.02. The fourth-order valence-corrected chi connectivity index (χ4v) is 2.06. The van der Waals surface area contributed by atoms with Gasteiger partial charge in [-0.2, -0.15) is 0 Å². The van der Waals surface area contributed by atoms with Crippen molar-refractivity contribution in [2.45, 2.75) is 26.8 Å². The third-order valence-electron chi connectivity index (χ3n) is 3.07. The van der Waals surface area contributed by atoms with Gasteiger partial charge in [-0.05, 0) is 12.0 Å². The molecule has 0 spiro atoms. The number of carbonyl (C=O) groups excluding carboxylic acids is 2. The summed E-state index contributed by atoms with van der Waals surface area (Å²) in [6, 6.07) is 7.21. The van der Waals surface area contributed by atoms with E-state index in [1.54, 1.807) is 6.20 Å². The van der Waals surface area contributed by atoms with E-state index in [2.05, 4.69) is 15.0 Å². The van der Waals surface area contributed by atoms with Crippen molar-refractivity contribution >= 4 is 28.5 Å². The Morgan fingerprint density at radius 1 is 1.25 bits per heavy atom. The standard InChI is InChI=1S/C15H18N2O3/c1-9(2)14(15(19)20-10(3)18)17-13-8-16-12-7-5-4-6-11(12)13/h4-9,14,16-17H,1-3H3/t14-/m0/s1. The van der Waals surface area contributed by atoms with Gasteiger partial charge in [0.15, 0.2) is 0 Å². The minimum Gasteiger partial charge on any atom is -0.392 e. The Kier molecular flexibility index (Phi) is 4.08. The minimum absolute atomic E-state index is 0.00416. The maximum Gasteiger partial charge on any atom is 0.336 e. The Morgan fingerprint density at radius 2 is 1.95 bits per heavy atom. The number of carbonyl (C=O) groups is 2. The van der Waals surface area contributed by atoms with Crippen LogP contribution in [0.15, 0.2) is 30.5 Å². The summed E-state index contributed by atoms with van der Waals surface area (Å²) in [5.41, 5.74) is 1.80. The molecule has 106 valence electrons. The molecule has 0 saturated carbocycles. The molecule has 1 aromatic carbocycles. The number of aromatic amines is 1. The molecule has 0 bridgehead atoms. The van der Waals surface area contributed by atoms with Crippen molar-refractivity contribution in [3.63, 3.8) is 0 Å². The SMILES string of the molecule is CC(=O)OC(=O)[C@@H](Nc1c[nH]c2ccccc12)C(C)C. The molecule has 2 aromatic rings. The summed E-state index contributed by atoms with van der Waals surface area (Å²) in [4.78, 5) is 26.0. The van der Waals surface area contributed by atoms with Gasteiger partial charge in [0.2, 0.25) is 0 Å². The minimum atomic E-state index is -0.596. The summed E-state index contributed by atoms with van der Waals surface area (Å²) in [7, 11) is 0. The lowest BCUT2D eigenvalue weighted by Gasteiger charge is -2.20. The van der Waals surface area contributed by atoms with Crippen LogP contribution in [0.5, 0.6) is 0 Å². The number of hydrogen-bond acceptors (Lipinski definition) is 4. The van der Waals surface area contributed by atoms with Crippen molar-refractivity contribution in [2.75, 3.05) is 5.32 Å². The zero-order valence-electron chi connectivity index (χ0n) is 11.8. The second-order valence-corrected chi connectivity index (χ2v) is 5.03. The Balaban J connectivity index is 2.24. The van der Waals surface area contributed by atoms with E-state index in [4.69, 9.17) is 0 Å². The number of esters is 2. The van der Waals surface area contributed by atoms with Crippen molar-refractivity contribution in [3.05, 3.63) is 30.5 Å². The predicted octanol–water partition coefficient (Wildman–Crippen LogP) is 2.69. The molecule has 20 heavy (non-hydrogen) atoms. The molecule has 2 rings (SSSR count).